The fourth-order valence-electron chi connectivity index (χ4n) is 1.20. The Morgan fingerprint density at radius 3 is 2.35 bits per heavy atom. The first-order valence-electron chi connectivity index (χ1n) is 4.85. The van der Waals surface area contributed by atoms with Gasteiger partial charge in [0.05, 0.1) is 5.57 Å². The standard InChI is InChI=1S/C13H11NO2S/c1-9(17)11(8-14)4-2-3-10-5-12(15)7-13(16)6-10/h2-7,15-16H,1H3/b3-2+,11-4+. The van der Waals surface area contributed by atoms with E-state index in [9.17, 15) is 10.2 Å². The molecule has 0 heterocycles. The maximum Gasteiger partial charge on any atom is 0.119 e. The van der Waals surface area contributed by atoms with E-state index in [1.165, 1.54) is 18.2 Å². The SMILES string of the molecule is CC(=S)/C(C#N)=C/C=C/c1cc(O)cc(O)c1. The first-order valence-corrected chi connectivity index (χ1v) is 5.26. The highest BCUT2D eigenvalue weighted by Gasteiger charge is 1.96. The molecule has 1 rings (SSSR count). The molecule has 17 heavy (non-hydrogen) atoms. The molecule has 1 aromatic rings. The van der Waals surface area contributed by atoms with Crippen molar-refractivity contribution < 1.29 is 10.2 Å². The molecule has 0 radical (unpaired) electrons. The quantitative estimate of drug-likeness (QED) is 0.372. The molecule has 0 aliphatic rings. The molecule has 0 spiro atoms. The molecule has 0 saturated heterocycles. The van der Waals surface area contributed by atoms with Crippen LogP contribution in [0.15, 0.2) is 35.9 Å². The van der Waals surface area contributed by atoms with Gasteiger partial charge in [0.25, 0.3) is 0 Å². The number of allylic oxidation sites excluding steroid dienone is 3. The first-order chi connectivity index (χ1) is 8.02. The topological polar surface area (TPSA) is 64.2 Å². The van der Waals surface area contributed by atoms with E-state index in [1.807, 2.05) is 6.07 Å². The Kier molecular flexibility index (Phi) is 4.44. The number of aromatic hydroxyl groups is 2. The van der Waals surface area contributed by atoms with E-state index >= 15 is 0 Å². The summed E-state index contributed by atoms with van der Waals surface area (Å²) in [6.45, 7) is 1.68. The third-order valence-electron chi connectivity index (χ3n) is 1.98. The highest BCUT2D eigenvalue weighted by atomic mass is 32.1. The van der Waals surface area contributed by atoms with Gasteiger partial charge in [0, 0.05) is 10.9 Å². The van der Waals surface area contributed by atoms with Crippen molar-refractivity contribution in [3.05, 3.63) is 41.5 Å². The van der Waals surface area contributed by atoms with Crippen LogP contribution in [-0.4, -0.2) is 15.1 Å². The van der Waals surface area contributed by atoms with Crippen LogP contribution in [0, 0.1) is 11.3 Å². The number of benzene rings is 1. The van der Waals surface area contributed by atoms with E-state index < -0.39 is 0 Å². The second-order valence-corrected chi connectivity index (χ2v) is 4.00. The highest BCUT2D eigenvalue weighted by molar-refractivity contribution is 7.80. The minimum absolute atomic E-state index is 0.0138. The minimum atomic E-state index is -0.0138. The Hall–Kier alpha value is -2.12. The van der Waals surface area contributed by atoms with E-state index in [-0.39, 0.29) is 11.5 Å². The molecule has 0 aromatic heterocycles. The lowest BCUT2D eigenvalue weighted by molar-refractivity contribution is 0.450. The number of rotatable bonds is 3. The van der Waals surface area contributed by atoms with Gasteiger partial charge < -0.3 is 10.2 Å². The summed E-state index contributed by atoms with van der Waals surface area (Å²) < 4.78 is 0. The fraction of sp³-hybridized carbons (Fsp3) is 0.0769. The fourth-order valence-corrected chi connectivity index (χ4v) is 1.32. The normalized spacial score (nSPS) is 11.4. The number of hydrogen-bond acceptors (Lipinski definition) is 4. The van der Waals surface area contributed by atoms with Crippen molar-refractivity contribution in [3.8, 4) is 17.6 Å². The van der Waals surface area contributed by atoms with E-state index in [1.54, 1.807) is 25.2 Å². The molecular formula is C13H11NO2S. The van der Waals surface area contributed by atoms with Crippen LogP contribution in [0.1, 0.15) is 12.5 Å². The number of phenols is 2. The molecule has 1 aromatic carbocycles. The summed E-state index contributed by atoms with van der Waals surface area (Å²) in [4.78, 5) is 0.524. The van der Waals surface area contributed by atoms with Crippen molar-refractivity contribution in [1.82, 2.24) is 0 Å². The van der Waals surface area contributed by atoms with Gasteiger partial charge >= 0.3 is 0 Å². The summed E-state index contributed by atoms with van der Waals surface area (Å²) in [6.07, 6.45) is 4.89. The number of phenolic OH excluding ortho intramolecular Hbond substituents is 2. The zero-order valence-electron chi connectivity index (χ0n) is 9.21. The van der Waals surface area contributed by atoms with E-state index in [0.29, 0.717) is 16.0 Å². The highest BCUT2D eigenvalue weighted by Crippen LogP contribution is 2.21. The molecule has 0 bridgehead atoms. The smallest absolute Gasteiger partial charge is 0.119 e. The Labute approximate surface area is 105 Å². The minimum Gasteiger partial charge on any atom is -0.508 e. The second kappa shape index (κ2) is 5.83. The number of hydrogen-bond donors (Lipinski definition) is 2. The van der Waals surface area contributed by atoms with Crippen LogP contribution in [0.3, 0.4) is 0 Å². The molecule has 2 N–H and O–H groups in total. The van der Waals surface area contributed by atoms with E-state index in [4.69, 9.17) is 17.5 Å². The predicted molar refractivity (Wildman–Crippen MR) is 70.8 cm³/mol. The Balaban J connectivity index is 2.92. The number of nitrogens with zero attached hydrogens (tertiary/aromatic N) is 1. The van der Waals surface area contributed by atoms with Crippen molar-refractivity contribution in [3.63, 3.8) is 0 Å². The lowest BCUT2D eigenvalue weighted by Gasteiger charge is -1.97. The van der Waals surface area contributed by atoms with Gasteiger partial charge in [-0.1, -0.05) is 24.4 Å². The van der Waals surface area contributed by atoms with Gasteiger partial charge in [-0.2, -0.15) is 5.26 Å². The second-order valence-electron chi connectivity index (χ2n) is 3.39. The molecule has 0 unspecified atom stereocenters. The van der Waals surface area contributed by atoms with Crippen molar-refractivity contribution in [2.75, 3.05) is 0 Å². The average Bonchev–Trinajstić information content (AvgIpc) is 2.22. The zero-order valence-corrected chi connectivity index (χ0v) is 10.0. The van der Waals surface area contributed by atoms with Gasteiger partial charge in [-0.25, -0.2) is 0 Å². The monoisotopic (exact) mass is 245 g/mol. The Bertz CT molecular complexity index is 519. The maximum absolute atomic E-state index is 9.25. The first kappa shape index (κ1) is 12.9. The molecule has 4 heteroatoms. The van der Waals surface area contributed by atoms with Gasteiger partial charge in [-0.05, 0) is 30.7 Å². The molecule has 0 saturated carbocycles. The summed E-state index contributed by atoms with van der Waals surface area (Å²) in [5.41, 5.74) is 1.05. The predicted octanol–water partition coefficient (Wildman–Crippen LogP) is 2.95. The third kappa shape index (κ3) is 4.09. The summed E-state index contributed by atoms with van der Waals surface area (Å²) in [7, 11) is 0. The molecule has 0 fully saturated rings. The van der Waals surface area contributed by atoms with Crippen molar-refractivity contribution in [2.45, 2.75) is 6.92 Å². The third-order valence-corrected chi connectivity index (χ3v) is 2.20. The molecule has 0 amide bonds. The van der Waals surface area contributed by atoms with Crippen LogP contribution in [-0.2, 0) is 0 Å². The lowest BCUT2D eigenvalue weighted by Crippen LogP contribution is -1.88. The van der Waals surface area contributed by atoms with Crippen molar-refractivity contribution in [1.29, 1.82) is 5.26 Å². The van der Waals surface area contributed by atoms with E-state index in [0.717, 1.165) is 0 Å². The van der Waals surface area contributed by atoms with Crippen LogP contribution in [0.2, 0.25) is 0 Å². The molecule has 86 valence electrons. The van der Waals surface area contributed by atoms with Gasteiger partial charge in [-0.3, -0.25) is 0 Å². The van der Waals surface area contributed by atoms with Gasteiger partial charge in [-0.15, -0.1) is 0 Å². The lowest BCUT2D eigenvalue weighted by atomic mass is 10.1. The van der Waals surface area contributed by atoms with Crippen molar-refractivity contribution in [2.24, 2.45) is 0 Å². The summed E-state index contributed by atoms with van der Waals surface area (Å²) in [5.74, 6) is -0.0275. The largest absolute Gasteiger partial charge is 0.508 e. The summed E-state index contributed by atoms with van der Waals surface area (Å²) in [6, 6.07) is 6.23. The van der Waals surface area contributed by atoms with Crippen LogP contribution >= 0.6 is 12.2 Å². The maximum atomic E-state index is 9.25. The van der Waals surface area contributed by atoms with Crippen LogP contribution in [0.25, 0.3) is 6.08 Å². The summed E-state index contributed by atoms with van der Waals surface area (Å²) in [5, 5.41) is 27.3. The Morgan fingerprint density at radius 2 is 1.88 bits per heavy atom. The van der Waals surface area contributed by atoms with Gasteiger partial charge in [0.2, 0.25) is 0 Å². The average molecular weight is 245 g/mol. The van der Waals surface area contributed by atoms with Crippen LogP contribution in [0.4, 0.5) is 0 Å². The number of nitriles is 1. The Morgan fingerprint density at radius 1 is 1.29 bits per heavy atom. The van der Waals surface area contributed by atoms with Gasteiger partial charge in [0.15, 0.2) is 0 Å². The van der Waals surface area contributed by atoms with E-state index in [2.05, 4.69) is 0 Å². The molecule has 3 nitrogen and oxygen atoms in total. The molecule has 0 atom stereocenters. The molecular weight excluding hydrogens is 234 g/mol. The summed E-state index contributed by atoms with van der Waals surface area (Å²) >= 11 is 4.88. The van der Waals surface area contributed by atoms with Crippen LogP contribution in [0.5, 0.6) is 11.5 Å². The number of thiocarbonyl (C=S) groups is 1. The van der Waals surface area contributed by atoms with Crippen molar-refractivity contribution >= 4 is 23.2 Å². The van der Waals surface area contributed by atoms with Gasteiger partial charge in [0.1, 0.15) is 17.6 Å². The molecule has 0 aliphatic carbocycles. The molecule has 0 aliphatic heterocycles. The zero-order chi connectivity index (χ0) is 12.8. The van der Waals surface area contributed by atoms with Crippen LogP contribution < -0.4 is 0 Å².